The molecule has 0 fully saturated rings. The van der Waals surface area contributed by atoms with Gasteiger partial charge in [0.2, 0.25) is 0 Å². The Morgan fingerprint density at radius 2 is 1.76 bits per heavy atom. The Kier molecular flexibility index (Phi) is 9.53. The minimum atomic E-state index is -1.05. The lowest BCUT2D eigenvalue weighted by Gasteiger charge is -2.34. The fraction of sp³-hybridized carbons (Fsp3) is 0.650. The average Bonchev–Trinajstić information content (AvgIpc) is 2.59. The zero-order valence-electron chi connectivity index (χ0n) is 15.7. The van der Waals surface area contributed by atoms with Gasteiger partial charge in [-0.1, -0.05) is 69.4 Å². The average molecular weight is 351 g/mol. The van der Waals surface area contributed by atoms with Crippen LogP contribution in [0.15, 0.2) is 30.3 Å². The van der Waals surface area contributed by atoms with E-state index < -0.39 is 23.8 Å². The van der Waals surface area contributed by atoms with Gasteiger partial charge in [-0.2, -0.15) is 0 Å². The van der Waals surface area contributed by atoms with Gasteiger partial charge in [0, 0.05) is 0 Å². The van der Waals surface area contributed by atoms with E-state index in [-0.39, 0.29) is 6.61 Å². The van der Waals surface area contributed by atoms with Gasteiger partial charge in [-0.05, 0) is 25.8 Å². The van der Waals surface area contributed by atoms with Crippen molar-refractivity contribution >= 4 is 6.09 Å². The Balaban J connectivity index is 2.37. The van der Waals surface area contributed by atoms with Crippen LogP contribution in [0.25, 0.3) is 0 Å². The molecule has 5 nitrogen and oxygen atoms in total. The zero-order valence-corrected chi connectivity index (χ0v) is 15.7. The van der Waals surface area contributed by atoms with Gasteiger partial charge in [0.1, 0.15) is 12.7 Å². The highest BCUT2D eigenvalue weighted by molar-refractivity contribution is 5.68. The van der Waals surface area contributed by atoms with Crippen molar-refractivity contribution in [3.8, 4) is 0 Å². The molecule has 0 bridgehead atoms. The molecular formula is C20H33NO4. The normalized spacial score (nSPS) is 14.0. The molecular weight excluding hydrogens is 318 g/mol. The summed E-state index contributed by atoms with van der Waals surface area (Å²) >= 11 is 0. The first-order chi connectivity index (χ1) is 11.9. The van der Waals surface area contributed by atoms with E-state index >= 15 is 0 Å². The summed E-state index contributed by atoms with van der Waals surface area (Å²) in [5.74, 6) is 0. The molecule has 0 spiro atoms. The van der Waals surface area contributed by atoms with Gasteiger partial charge >= 0.3 is 6.09 Å². The third-order valence-electron chi connectivity index (χ3n) is 4.34. The molecule has 1 aromatic carbocycles. The molecule has 0 heterocycles. The fourth-order valence-corrected chi connectivity index (χ4v) is 2.69. The fourth-order valence-electron chi connectivity index (χ4n) is 2.69. The summed E-state index contributed by atoms with van der Waals surface area (Å²) in [6, 6.07) is 9.39. The van der Waals surface area contributed by atoms with E-state index in [1.165, 1.54) is 12.8 Å². The van der Waals surface area contributed by atoms with E-state index in [4.69, 9.17) is 4.74 Å². The number of unbranched alkanes of at least 4 members (excludes halogenated alkanes) is 4. The van der Waals surface area contributed by atoms with Crippen LogP contribution in [0.5, 0.6) is 0 Å². The van der Waals surface area contributed by atoms with Gasteiger partial charge in [0.15, 0.2) is 0 Å². The van der Waals surface area contributed by atoms with Crippen molar-refractivity contribution < 1.29 is 19.7 Å². The molecule has 1 rings (SSSR count). The number of rotatable bonds is 11. The number of alkyl carbamates (subject to hydrolysis) is 1. The first kappa shape index (κ1) is 21.5. The minimum absolute atomic E-state index is 0.166. The Hall–Kier alpha value is -1.59. The predicted molar refractivity (Wildman–Crippen MR) is 99.2 cm³/mol. The lowest BCUT2D eigenvalue weighted by molar-refractivity contribution is -0.0343. The highest BCUT2D eigenvalue weighted by Crippen LogP contribution is 2.18. The van der Waals surface area contributed by atoms with Crippen molar-refractivity contribution in [1.29, 1.82) is 0 Å². The monoisotopic (exact) mass is 351 g/mol. The van der Waals surface area contributed by atoms with Gasteiger partial charge in [-0.25, -0.2) is 4.79 Å². The van der Waals surface area contributed by atoms with E-state index in [0.29, 0.717) is 6.42 Å². The van der Waals surface area contributed by atoms with Gasteiger partial charge in [0.25, 0.3) is 0 Å². The van der Waals surface area contributed by atoms with E-state index in [9.17, 15) is 15.0 Å². The largest absolute Gasteiger partial charge is 0.445 e. The van der Waals surface area contributed by atoms with Crippen molar-refractivity contribution in [1.82, 2.24) is 5.32 Å². The number of carbonyl (C=O) groups excluding carboxylic acids is 1. The molecule has 0 aliphatic carbocycles. The molecule has 142 valence electrons. The maximum Gasteiger partial charge on any atom is 0.407 e. The molecule has 5 heteroatoms. The summed E-state index contributed by atoms with van der Waals surface area (Å²) in [6.07, 6.45) is 3.42. The molecule has 0 unspecified atom stereocenters. The Morgan fingerprint density at radius 3 is 2.40 bits per heavy atom. The van der Waals surface area contributed by atoms with E-state index in [0.717, 1.165) is 24.8 Å². The summed E-state index contributed by atoms with van der Waals surface area (Å²) in [7, 11) is 0. The maximum absolute atomic E-state index is 12.0. The minimum Gasteiger partial charge on any atom is -0.445 e. The smallest absolute Gasteiger partial charge is 0.407 e. The Morgan fingerprint density at radius 1 is 1.12 bits per heavy atom. The Bertz CT molecular complexity index is 490. The van der Waals surface area contributed by atoms with Crippen molar-refractivity contribution in [2.24, 2.45) is 0 Å². The van der Waals surface area contributed by atoms with Crippen molar-refractivity contribution in [3.05, 3.63) is 35.9 Å². The molecule has 0 aliphatic rings. The van der Waals surface area contributed by atoms with Crippen LogP contribution in [0.4, 0.5) is 4.79 Å². The standard InChI is InChI=1S/C20H33NO4/c1-4-5-6-7-11-14-17(22)18(23)20(2,3)21-19(24)25-15-16-12-9-8-10-13-16/h8-10,12-13,17-18,22-23H,4-7,11,14-15H2,1-3H3,(H,21,24)/t17-,18+/m1/s1. The first-order valence-electron chi connectivity index (χ1n) is 9.21. The van der Waals surface area contributed by atoms with Crippen LogP contribution in [0.2, 0.25) is 0 Å². The number of aliphatic hydroxyl groups is 2. The number of nitrogens with one attached hydrogen (secondary N) is 1. The number of hydrogen-bond acceptors (Lipinski definition) is 4. The van der Waals surface area contributed by atoms with Gasteiger partial charge < -0.3 is 20.3 Å². The molecule has 0 aromatic heterocycles. The van der Waals surface area contributed by atoms with Crippen LogP contribution >= 0.6 is 0 Å². The van der Waals surface area contributed by atoms with Crippen molar-refractivity contribution in [2.45, 2.75) is 83.6 Å². The van der Waals surface area contributed by atoms with E-state index in [1.54, 1.807) is 13.8 Å². The van der Waals surface area contributed by atoms with Crippen LogP contribution in [-0.2, 0) is 11.3 Å². The second-order valence-electron chi connectivity index (χ2n) is 7.12. The Labute approximate surface area is 151 Å². The highest BCUT2D eigenvalue weighted by atomic mass is 16.5. The summed E-state index contributed by atoms with van der Waals surface area (Å²) in [5.41, 5.74) is -0.0838. The SMILES string of the molecule is CCCCCCC[C@@H](O)[C@H](O)C(C)(C)NC(=O)OCc1ccccc1. The summed E-state index contributed by atoms with van der Waals surface area (Å²) < 4.78 is 5.18. The first-order valence-corrected chi connectivity index (χ1v) is 9.21. The summed E-state index contributed by atoms with van der Waals surface area (Å²) in [6.45, 7) is 5.69. The van der Waals surface area contributed by atoms with Gasteiger partial charge in [0.05, 0.1) is 11.6 Å². The molecule has 1 aromatic rings. The van der Waals surface area contributed by atoms with E-state index in [2.05, 4.69) is 12.2 Å². The molecule has 3 N–H and O–H groups in total. The highest BCUT2D eigenvalue weighted by Gasteiger charge is 2.35. The lowest BCUT2D eigenvalue weighted by atomic mass is 9.90. The van der Waals surface area contributed by atoms with Crippen LogP contribution < -0.4 is 5.32 Å². The van der Waals surface area contributed by atoms with Crippen molar-refractivity contribution in [3.63, 3.8) is 0 Å². The molecule has 0 saturated carbocycles. The zero-order chi connectivity index (χ0) is 18.7. The third-order valence-corrected chi connectivity index (χ3v) is 4.34. The lowest BCUT2D eigenvalue weighted by Crippen LogP contribution is -2.56. The van der Waals surface area contributed by atoms with Crippen LogP contribution in [0.1, 0.15) is 64.9 Å². The quantitative estimate of drug-likeness (QED) is 0.530. The van der Waals surface area contributed by atoms with Gasteiger partial charge in [-0.15, -0.1) is 0 Å². The molecule has 0 aliphatic heterocycles. The number of hydrogen-bond donors (Lipinski definition) is 3. The van der Waals surface area contributed by atoms with Crippen LogP contribution in [-0.4, -0.2) is 34.1 Å². The third kappa shape index (κ3) is 8.36. The maximum atomic E-state index is 12.0. The number of amides is 1. The molecule has 0 radical (unpaired) electrons. The number of carbonyl (C=O) groups is 1. The summed E-state index contributed by atoms with van der Waals surface area (Å²) in [4.78, 5) is 12.0. The second kappa shape index (κ2) is 11.1. The van der Waals surface area contributed by atoms with E-state index in [1.807, 2.05) is 30.3 Å². The van der Waals surface area contributed by atoms with Crippen LogP contribution in [0, 0.1) is 0 Å². The molecule has 0 saturated heterocycles. The predicted octanol–water partition coefficient (Wildman–Crippen LogP) is 3.77. The molecule has 1 amide bonds. The molecule has 2 atom stereocenters. The number of aliphatic hydroxyl groups excluding tert-OH is 2. The summed E-state index contributed by atoms with van der Waals surface area (Å²) in [5, 5.41) is 23.2. The molecule has 25 heavy (non-hydrogen) atoms. The van der Waals surface area contributed by atoms with Crippen molar-refractivity contribution in [2.75, 3.05) is 0 Å². The second-order valence-corrected chi connectivity index (χ2v) is 7.12. The number of ether oxygens (including phenoxy) is 1. The topological polar surface area (TPSA) is 78.8 Å². The van der Waals surface area contributed by atoms with Gasteiger partial charge in [-0.3, -0.25) is 0 Å². The van der Waals surface area contributed by atoms with Crippen LogP contribution in [0.3, 0.4) is 0 Å². The number of benzene rings is 1.